The first-order valence-corrected chi connectivity index (χ1v) is 7.63. The van der Waals surface area contributed by atoms with Crippen molar-refractivity contribution in [1.82, 2.24) is 0 Å². The minimum absolute atomic E-state index is 0.282. The fraction of sp³-hybridized carbons (Fsp3) is 0.0667. The van der Waals surface area contributed by atoms with Crippen molar-refractivity contribution in [2.75, 3.05) is 5.32 Å². The summed E-state index contributed by atoms with van der Waals surface area (Å²) in [6.07, 6.45) is 0. The van der Waals surface area contributed by atoms with Crippen LogP contribution in [0.3, 0.4) is 0 Å². The number of carbonyl (C=O) groups is 1. The molecule has 3 N–H and O–H groups in total. The van der Waals surface area contributed by atoms with Gasteiger partial charge in [0.15, 0.2) is 0 Å². The number of nitrogens with two attached hydrogens (primary N) is 1. The zero-order valence-electron chi connectivity index (χ0n) is 11.1. The van der Waals surface area contributed by atoms with Gasteiger partial charge in [0.1, 0.15) is 4.99 Å². The molecule has 0 spiro atoms. The molecule has 108 valence electrons. The van der Waals surface area contributed by atoms with Crippen LogP contribution in [0, 0.1) is 6.92 Å². The Balaban J connectivity index is 2.31. The molecule has 0 saturated carbocycles. The number of rotatable bonds is 3. The number of hydrogen-bond acceptors (Lipinski definition) is 2. The van der Waals surface area contributed by atoms with Gasteiger partial charge in [-0.05, 0) is 36.8 Å². The molecule has 2 aromatic rings. The Morgan fingerprint density at radius 3 is 2.62 bits per heavy atom. The van der Waals surface area contributed by atoms with E-state index in [1.807, 2.05) is 19.1 Å². The van der Waals surface area contributed by atoms with Crippen LogP contribution < -0.4 is 11.1 Å². The Labute approximate surface area is 141 Å². The van der Waals surface area contributed by atoms with E-state index in [2.05, 4.69) is 21.2 Å². The highest BCUT2D eigenvalue weighted by molar-refractivity contribution is 9.10. The minimum atomic E-state index is -0.282. The third kappa shape index (κ3) is 3.81. The Hall–Kier alpha value is -1.43. The highest BCUT2D eigenvalue weighted by Gasteiger charge is 2.12. The summed E-state index contributed by atoms with van der Waals surface area (Å²) in [5.41, 5.74) is 8.28. The molecular weight excluding hydrogens is 372 g/mol. The number of aryl methyl sites for hydroxylation is 1. The largest absolute Gasteiger partial charge is 0.389 e. The van der Waals surface area contributed by atoms with Gasteiger partial charge in [-0.1, -0.05) is 51.9 Å². The van der Waals surface area contributed by atoms with Crippen LogP contribution in [0.15, 0.2) is 40.9 Å². The molecule has 0 atom stereocenters. The summed E-state index contributed by atoms with van der Waals surface area (Å²) in [7, 11) is 0. The van der Waals surface area contributed by atoms with Gasteiger partial charge < -0.3 is 11.1 Å². The SMILES string of the molecule is Cc1ccc(C(N)=S)cc1NC(=O)c1ccc(Br)cc1Cl. The van der Waals surface area contributed by atoms with E-state index in [9.17, 15) is 4.79 Å². The van der Waals surface area contributed by atoms with Gasteiger partial charge in [-0.2, -0.15) is 0 Å². The fourth-order valence-electron chi connectivity index (χ4n) is 1.77. The Bertz CT molecular complexity index is 734. The number of anilines is 1. The molecule has 0 bridgehead atoms. The number of benzene rings is 2. The molecule has 0 aliphatic rings. The molecule has 0 aromatic heterocycles. The summed E-state index contributed by atoms with van der Waals surface area (Å²) in [5.74, 6) is -0.282. The number of thiocarbonyl (C=S) groups is 1. The lowest BCUT2D eigenvalue weighted by Gasteiger charge is -2.11. The van der Waals surface area contributed by atoms with Gasteiger partial charge in [-0.15, -0.1) is 0 Å². The van der Waals surface area contributed by atoms with Gasteiger partial charge in [-0.25, -0.2) is 0 Å². The first kappa shape index (κ1) is 15.9. The summed E-state index contributed by atoms with van der Waals surface area (Å²) in [5, 5.41) is 3.21. The average molecular weight is 384 g/mol. The normalized spacial score (nSPS) is 10.2. The van der Waals surface area contributed by atoms with E-state index in [0.29, 0.717) is 21.8 Å². The van der Waals surface area contributed by atoms with Crippen molar-refractivity contribution in [2.24, 2.45) is 5.73 Å². The van der Waals surface area contributed by atoms with Gasteiger partial charge in [0.25, 0.3) is 5.91 Å². The van der Waals surface area contributed by atoms with Gasteiger partial charge in [0, 0.05) is 15.7 Å². The maximum absolute atomic E-state index is 12.3. The molecule has 0 unspecified atom stereocenters. The molecule has 0 aliphatic carbocycles. The van der Waals surface area contributed by atoms with Crippen LogP contribution in [0.25, 0.3) is 0 Å². The lowest BCUT2D eigenvalue weighted by atomic mass is 10.1. The Morgan fingerprint density at radius 2 is 2.00 bits per heavy atom. The highest BCUT2D eigenvalue weighted by atomic mass is 79.9. The van der Waals surface area contributed by atoms with Crippen molar-refractivity contribution < 1.29 is 4.79 Å². The second-order valence-corrected chi connectivity index (χ2v) is 6.23. The van der Waals surface area contributed by atoms with E-state index in [1.165, 1.54) is 0 Å². The van der Waals surface area contributed by atoms with Crippen LogP contribution >= 0.6 is 39.7 Å². The van der Waals surface area contributed by atoms with E-state index in [1.54, 1.807) is 24.3 Å². The number of halogens is 2. The van der Waals surface area contributed by atoms with Crippen molar-refractivity contribution in [3.05, 3.63) is 62.6 Å². The maximum Gasteiger partial charge on any atom is 0.257 e. The topological polar surface area (TPSA) is 55.1 Å². The molecule has 1 amide bonds. The van der Waals surface area contributed by atoms with Crippen molar-refractivity contribution in [3.8, 4) is 0 Å². The molecule has 3 nitrogen and oxygen atoms in total. The van der Waals surface area contributed by atoms with Crippen molar-refractivity contribution in [1.29, 1.82) is 0 Å². The Kier molecular flexibility index (Phi) is 4.98. The summed E-state index contributed by atoms with van der Waals surface area (Å²) in [4.78, 5) is 12.6. The molecule has 0 fully saturated rings. The van der Waals surface area contributed by atoms with E-state index in [4.69, 9.17) is 29.6 Å². The van der Waals surface area contributed by atoms with Crippen LogP contribution in [0.5, 0.6) is 0 Å². The van der Waals surface area contributed by atoms with E-state index in [0.717, 1.165) is 10.0 Å². The van der Waals surface area contributed by atoms with Gasteiger partial charge in [0.2, 0.25) is 0 Å². The number of hydrogen-bond donors (Lipinski definition) is 2. The third-order valence-electron chi connectivity index (χ3n) is 2.95. The zero-order chi connectivity index (χ0) is 15.6. The maximum atomic E-state index is 12.3. The van der Waals surface area contributed by atoms with Gasteiger partial charge in [0.05, 0.1) is 10.6 Å². The summed E-state index contributed by atoms with van der Waals surface area (Å²) < 4.78 is 0.815. The molecule has 0 radical (unpaired) electrons. The molecule has 0 saturated heterocycles. The smallest absolute Gasteiger partial charge is 0.257 e. The van der Waals surface area contributed by atoms with Gasteiger partial charge >= 0.3 is 0 Å². The molecule has 21 heavy (non-hydrogen) atoms. The van der Waals surface area contributed by atoms with Crippen LogP contribution in [0.2, 0.25) is 5.02 Å². The van der Waals surface area contributed by atoms with Crippen molar-refractivity contribution >= 4 is 56.3 Å². The molecular formula is C15H12BrClN2OS. The van der Waals surface area contributed by atoms with Crippen LogP contribution in [0.1, 0.15) is 21.5 Å². The standard InChI is InChI=1S/C15H12BrClN2OS/c1-8-2-3-9(14(18)21)6-13(8)19-15(20)11-5-4-10(16)7-12(11)17/h2-7H,1H3,(H2,18,21)(H,19,20). The lowest BCUT2D eigenvalue weighted by molar-refractivity contribution is 0.102. The van der Waals surface area contributed by atoms with Gasteiger partial charge in [-0.3, -0.25) is 4.79 Å². The van der Waals surface area contributed by atoms with Crippen LogP contribution in [0.4, 0.5) is 5.69 Å². The lowest BCUT2D eigenvalue weighted by Crippen LogP contribution is -2.15. The van der Waals surface area contributed by atoms with Crippen LogP contribution in [-0.2, 0) is 0 Å². The molecule has 2 aromatic carbocycles. The summed E-state index contributed by atoms with van der Waals surface area (Å²) in [6, 6.07) is 10.5. The number of carbonyl (C=O) groups excluding carboxylic acids is 1. The summed E-state index contributed by atoms with van der Waals surface area (Å²) >= 11 is 14.3. The quantitative estimate of drug-likeness (QED) is 0.777. The van der Waals surface area contributed by atoms with E-state index < -0.39 is 0 Å². The second kappa shape index (κ2) is 6.56. The van der Waals surface area contributed by atoms with Crippen molar-refractivity contribution in [2.45, 2.75) is 6.92 Å². The number of amides is 1. The fourth-order valence-corrected chi connectivity index (χ4v) is 2.66. The highest BCUT2D eigenvalue weighted by Crippen LogP contribution is 2.23. The molecule has 0 aliphatic heterocycles. The molecule has 6 heteroatoms. The Morgan fingerprint density at radius 1 is 1.29 bits per heavy atom. The van der Waals surface area contributed by atoms with E-state index >= 15 is 0 Å². The average Bonchev–Trinajstić information content (AvgIpc) is 2.40. The summed E-state index contributed by atoms with van der Waals surface area (Å²) in [6.45, 7) is 1.89. The minimum Gasteiger partial charge on any atom is -0.389 e. The van der Waals surface area contributed by atoms with Crippen LogP contribution in [-0.4, -0.2) is 10.9 Å². The monoisotopic (exact) mass is 382 g/mol. The predicted octanol–water partition coefficient (Wildman–Crippen LogP) is 4.30. The zero-order valence-corrected chi connectivity index (χ0v) is 14.3. The number of nitrogens with one attached hydrogen (secondary N) is 1. The second-order valence-electron chi connectivity index (χ2n) is 4.47. The first-order chi connectivity index (χ1) is 9.88. The van der Waals surface area contributed by atoms with Crippen molar-refractivity contribution in [3.63, 3.8) is 0 Å². The van der Waals surface area contributed by atoms with E-state index in [-0.39, 0.29) is 10.9 Å². The first-order valence-electron chi connectivity index (χ1n) is 6.05. The predicted molar refractivity (Wildman–Crippen MR) is 94.2 cm³/mol. The molecule has 2 rings (SSSR count). The third-order valence-corrected chi connectivity index (χ3v) is 3.99. The molecule has 0 heterocycles.